The van der Waals surface area contributed by atoms with E-state index in [1.807, 2.05) is 0 Å². The van der Waals surface area contributed by atoms with Crippen LogP contribution >= 0.6 is 34.5 Å². The number of methoxy groups -OCH3 is 2. The van der Waals surface area contributed by atoms with Crippen molar-refractivity contribution in [3.8, 4) is 17.1 Å². The number of carbonyl (C=O) groups excluding carboxylic acids is 1. The molecule has 1 atom stereocenters. The molecule has 204 valence electrons. The van der Waals surface area contributed by atoms with Crippen LogP contribution in [0.3, 0.4) is 0 Å². The van der Waals surface area contributed by atoms with Gasteiger partial charge in [0.2, 0.25) is 0 Å². The lowest BCUT2D eigenvalue weighted by Gasteiger charge is -2.25. The molecule has 13 heteroatoms. The average Bonchev–Trinajstić information content (AvgIpc) is 3.51. The molecule has 0 radical (unpaired) electrons. The van der Waals surface area contributed by atoms with E-state index in [0.29, 0.717) is 26.8 Å². The Morgan fingerprint density at radius 3 is 2.58 bits per heavy atom. The van der Waals surface area contributed by atoms with Crippen molar-refractivity contribution in [2.24, 2.45) is 4.99 Å². The van der Waals surface area contributed by atoms with Gasteiger partial charge in [-0.3, -0.25) is 19.5 Å². The number of furan rings is 1. The molecule has 10 nitrogen and oxygen atoms in total. The fourth-order valence-electron chi connectivity index (χ4n) is 4.47. The van der Waals surface area contributed by atoms with Gasteiger partial charge in [-0.05, 0) is 49.4 Å². The van der Waals surface area contributed by atoms with Gasteiger partial charge in [0.15, 0.2) is 4.80 Å². The van der Waals surface area contributed by atoms with E-state index in [4.69, 9.17) is 37.1 Å². The van der Waals surface area contributed by atoms with Crippen LogP contribution in [0.2, 0.25) is 10.0 Å². The zero-order valence-corrected chi connectivity index (χ0v) is 23.5. The molecule has 0 spiro atoms. The van der Waals surface area contributed by atoms with Crippen LogP contribution in [-0.4, -0.2) is 29.7 Å². The molecule has 0 unspecified atom stereocenters. The Labute approximate surface area is 240 Å². The monoisotopic (exact) mass is 599 g/mol. The first kappa shape index (κ1) is 27.4. The Kier molecular flexibility index (Phi) is 7.37. The summed E-state index contributed by atoms with van der Waals surface area (Å²) >= 11 is 13.3. The maximum atomic E-state index is 13.8. The molecule has 1 aliphatic rings. The third-order valence-corrected chi connectivity index (χ3v) is 7.69. The number of aromatic nitrogens is 1. The molecule has 40 heavy (non-hydrogen) atoms. The van der Waals surface area contributed by atoms with Gasteiger partial charge < -0.3 is 13.9 Å². The van der Waals surface area contributed by atoms with E-state index in [0.717, 1.165) is 11.3 Å². The van der Waals surface area contributed by atoms with Crippen molar-refractivity contribution < 1.29 is 23.6 Å². The highest BCUT2D eigenvalue weighted by atomic mass is 35.5. The minimum Gasteiger partial charge on any atom is -0.496 e. The Bertz CT molecular complexity index is 1910. The number of ether oxygens (including phenoxy) is 2. The second-order valence-electron chi connectivity index (χ2n) is 8.58. The predicted octanol–water partition coefficient (Wildman–Crippen LogP) is 4.89. The third-order valence-electron chi connectivity index (χ3n) is 6.24. The lowest BCUT2D eigenvalue weighted by Crippen LogP contribution is -2.40. The molecule has 2 aromatic heterocycles. The Morgan fingerprint density at radius 1 is 1.15 bits per heavy atom. The summed E-state index contributed by atoms with van der Waals surface area (Å²) in [6.45, 7) is 1.66. The number of hydrogen-bond acceptors (Lipinski definition) is 9. The van der Waals surface area contributed by atoms with Crippen molar-refractivity contribution in [2.75, 3.05) is 14.2 Å². The van der Waals surface area contributed by atoms with Crippen LogP contribution in [0.15, 0.2) is 74.0 Å². The van der Waals surface area contributed by atoms with Crippen molar-refractivity contribution in [3.63, 3.8) is 0 Å². The SMILES string of the molecule is COC(=O)C1=C(C)N=c2s/c(=C\c3ccc(-c4ccc(Cl)cc4[N+](=O)[O-])o3)c(=O)n2[C@H]1c1cc(Cl)ccc1OC. The first-order valence-electron chi connectivity index (χ1n) is 11.6. The zero-order valence-electron chi connectivity index (χ0n) is 21.1. The summed E-state index contributed by atoms with van der Waals surface area (Å²) < 4.78 is 18.1. The Morgan fingerprint density at radius 2 is 1.88 bits per heavy atom. The lowest BCUT2D eigenvalue weighted by atomic mass is 9.95. The molecule has 0 bridgehead atoms. The first-order valence-corrected chi connectivity index (χ1v) is 13.2. The van der Waals surface area contributed by atoms with Crippen LogP contribution < -0.4 is 19.6 Å². The highest BCUT2D eigenvalue weighted by Crippen LogP contribution is 2.37. The van der Waals surface area contributed by atoms with Crippen LogP contribution in [0.4, 0.5) is 5.69 Å². The molecule has 2 aromatic carbocycles. The highest BCUT2D eigenvalue weighted by Gasteiger charge is 2.35. The fraction of sp³-hybridized carbons (Fsp3) is 0.148. The Balaban J connectivity index is 1.68. The normalized spacial score (nSPS) is 15.0. The number of nitrogens with zero attached hydrogens (tertiary/aromatic N) is 3. The number of hydrogen-bond donors (Lipinski definition) is 0. The molecular formula is C27H19Cl2N3O7S. The van der Waals surface area contributed by atoms with Crippen LogP contribution in [0.5, 0.6) is 5.75 Å². The number of rotatable bonds is 6. The van der Waals surface area contributed by atoms with Crippen molar-refractivity contribution >= 4 is 52.3 Å². The summed E-state index contributed by atoms with van der Waals surface area (Å²) in [5.41, 5.74) is 0.600. The van der Waals surface area contributed by atoms with Gasteiger partial charge in [0, 0.05) is 27.8 Å². The molecule has 0 aliphatic carbocycles. The summed E-state index contributed by atoms with van der Waals surface area (Å²) in [4.78, 5) is 42.5. The van der Waals surface area contributed by atoms with Gasteiger partial charge in [0.25, 0.3) is 11.2 Å². The molecule has 0 saturated heterocycles. The summed E-state index contributed by atoms with van der Waals surface area (Å²) in [5.74, 6) is 0.279. The van der Waals surface area contributed by atoms with E-state index in [1.54, 1.807) is 37.3 Å². The molecule has 1 aliphatic heterocycles. The van der Waals surface area contributed by atoms with E-state index in [2.05, 4.69) is 4.99 Å². The van der Waals surface area contributed by atoms with Gasteiger partial charge >= 0.3 is 5.97 Å². The maximum Gasteiger partial charge on any atom is 0.338 e. The molecule has 0 N–H and O–H groups in total. The molecular weight excluding hydrogens is 581 g/mol. The maximum absolute atomic E-state index is 13.8. The standard InChI is InChI=1S/C27H19Cl2N3O7S/c1-13-23(26(34)38-3)24(18-10-14(28)5-8-20(18)37-2)31-25(33)22(40-27(31)30-13)12-16-6-9-21(39-16)17-7-4-15(29)11-19(17)32(35)36/h4-12,24H,1-3H3/b22-12-/t24-/m0/s1. The van der Waals surface area contributed by atoms with E-state index in [9.17, 15) is 19.7 Å². The number of halogens is 2. The average molecular weight is 600 g/mol. The van der Waals surface area contributed by atoms with Gasteiger partial charge in [0.1, 0.15) is 23.3 Å². The summed E-state index contributed by atoms with van der Waals surface area (Å²) in [5, 5.41) is 12.1. The van der Waals surface area contributed by atoms with Crippen LogP contribution in [-0.2, 0) is 9.53 Å². The van der Waals surface area contributed by atoms with Gasteiger partial charge in [0.05, 0.1) is 40.5 Å². The second-order valence-corrected chi connectivity index (χ2v) is 10.5. The van der Waals surface area contributed by atoms with E-state index in [1.165, 1.54) is 43.1 Å². The van der Waals surface area contributed by atoms with Gasteiger partial charge in [-0.15, -0.1) is 0 Å². The molecule has 0 saturated carbocycles. The summed E-state index contributed by atoms with van der Waals surface area (Å²) in [6.07, 6.45) is 1.51. The van der Waals surface area contributed by atoms with Gasteiger partial charge in [-0.1, -0.05) is 34.5 Å². The molecule has 5 rings (SSSR count). The number of benzene rings is 2. The van der Waals surface area contributed by atoms with E-state index < -0.39 is 22.5 Å². The molecule has 0 amide bonds. The van der Waals surface area contributed by atoms with Crippen molar-refractivity contribution in [2.45, 2.75) is 13.0 Å². The Hall–Kier alpha value is -4.19. The topological polar surface area (TPSA) is 126 Å². The predicted molar refractivity (Wildman–Crippen MR) is 150 cm³/mol. The van der Waals surface area contributed by atoms with E-state index in [-0.39, 0.29) is 37.9 Å². The quantitative estimate of drug-likeness (QED) is 0.175. The largest absolute Gasteiger partial charge is 0.496 e. The zero-order chi connectivity index (χ0) is 28.7. The number of fused-ring (bicyclic) bond motifs is 1. The number of allylic oxidation sites excluding steroid dienone is 1. The number of nitro groups is 1. The lowest BCUT2D eigenvalue weighted by molar-refractivity contribution is -0.384. The van der Waals surface area contributed by atoms with Crippen molar-refractivity contribution in [1.29, 1.82) is 0 Å². The number of carbonyl (C=O) groups is 1. The van der Waals surface area contributed by atoms with E-state index >= 15 is 0 Å². The van der Waals surface area contributed by atoms with Crippen molar-refractivity contribution in [3.05, 3.63) is 111 Å². The van der Waals surface area contributed by atoms with Gasteiger partial charge in [-0.25, -0.2) is 9.79 Å². The van der Waals surface area contributed by atoms with Crippen molar-refractivity contribution in [1.82, 2.24) is 4.57 Å². The van der Waals surface area contributed by atoms with Crippen LogP contribution in [0.25, 0.3) is 17.4 Å². The first-order chi connectivity index (χ1) is 19.1. The number of esters is 1. The smallest absolute Gasteiger partial charge is 0.338 e. The minimum atomic E-state index is -0.927. The minimum absolute atomic E-state index is 0.164. The highest BCUT2D eigenvalue weighted by molar-refractivity contribution is 7.07. The summed E-state index contributed by atoms with van der Waals surface area (Å²) in [7, 11) is 2.73. The van der Waals surface area contributed by atoms with Gasteiger partial charge in [-0.2, -0.15) is 0 Å². The van der Waals surface area contributed by atoms with Crippen LogP contribution in [0.1, 0.15) is 24.3 Å². The fourth-order valence-corrected chi connectivity index (χ4v) is 5.85. The number of nitro benzene ring substituents is 1. The number of thiazole rings is 1. The second kappa shape index (κ2) is 10.8. The molecule has 3 heterocycles. The van der Waals surface area contributed by atoms with Crippen LogP contribution in [0, 0.1) is 10.1 Å². The molecule has 0 fully saturated rings. The molecule has 4 aromatic rings. The summed E-state index contributed by atoms with van der Waals surface area (Å²) in [6, 6.07) is 11.4. The third kappa shape index (κ3) is 4.83.